The molecule has 0 unspecified atom stereocenters. The Morgan fingerprint density at radius 3 is 2.57 bits per heavy atom. The van der Waals surface area contributed by atoms with Crippen LogP contribution in [0.5, 0.6) is 11.5 Å². The van der Waals surface area contributed by atoms with Crippen LogP contribution in [0.3, 0.4) is 0 Å². The Balaban J connectivity index is 2.19. The molecule has 0 saturated carbocycles. The number of benzene rings is 2. The first-order valence-electron chi connectivity index (χ1n) is 6.83. The first-order chi connectivity index (χ1) is 10.2. The molecular weight excluding hydrogens is 330 g/mol. The molecule has 21 heavy (non-hydrogen) atoms. The van der Waals surface area contributed by atoms with E-state index in [1.807, 2.05) is 48.7 Å². The lowest BCUT2D eigenvalue weighted by molar-refractivity contribution is 0.317. The topological polar surface area (TPSA) is 30.8 Å². The minimum absolute atomic E-state index is 0.699. The molecule has 0 amide bonds. The van der Waals surface area contributed by atoms with E-state index < -0.39 is 0 Å². The van der Waals surface area contributed by atoms with Crippen molar-refractivity contribution < 1.29 is 9.47 Å². The number of hydrogen-bond acceptors (Lipinski definition) is 3. The third-order valence-electron chi connectivity index (χ3n) is 2.86. The van der Waals surface area contributed by atoms with Crippen LogP contribution in [0.4, 0.5) is 5.69 Å². The Labute approximate surface area is 133 Å². The molecule has 0 N–H and O–H groups in total. The van der Waals surface area contributed by atoms with Gasteiger partial charge in [0.1, 0.15) is 11.5 Å². The van der Waals surface area contributed by atoms with Gasteiger partial charge in [-0.3, -0.25) is 4.99 Å². The summed E-state index contributed by atoms with van der Waals surface area (Å²) in [5, 5.41) is 0. The molecule has 110 valence electrons. The molecule has 0 saturated heterocycles. The van der Waals surface area contributed by atoms with Crippen molar-refractivity contribution in [2.75, 3.05) is 13.7 Å². The minimum Gasteiger partial charge on any atom is -0.497 e. The molecule has 4 heteroatoms. The molecule has 0 atom stereocenters. The molecule has 3 nitrogen and oxygen atoms in total. The maximum atomic E-state index is 5.73. The predicted molar refractivity (Wildman–Crippen MR) is 90.2 cm³/mol. The van der Waals surface area contributed by atoms with E-state index in [9.17, 15) is 0 Å². The summed E-state index contributed by atoms with van der Waals surface area (Å²) in [6.45, 7) is 2.79. The van der Waals surface area contributed by atoms with E-state index in [0.717, 1.165) is 33.6 Å². The molecular formula is C17H18BrNO2. The van der Waals surface area contributed by atoms with E-state index in [2.05, 4.69) is 27.8 Å². The first-order valence-corrected chi connectivity index (χ1v) is 7.62. The van der Waals surface area contributed by atoms with Crippen molar-refractivity contribution in [3.63, 3.8) is 0 Å². The van der Waals surface area contributed by atoms with E-state index >= 15 is 0 Å². The van der Waals surface area contributed by atoms with Crippen molar-refractivity contribution in [1.29, 1.82) is 0 Å². The summed E-state index contributed by atoms with van der Waals surface area (Å²) in [7, 11) is 1.65. The monoisotopic (exact) mass is 347 g/mol. The van der Waals surface area contributed by atoms with E-state index in [-0.39, 0.29) is 0 Å². The standard InChI is InChI=1S/C17H18BrNO2/c1-3-10-21-17-9-4-14(18)11-13(17)12-19-15-5-7-16(20-2)8-6-15/h4-9,11-12H,3,10H2,1-2H3. The van der Waals surface area contributed by atoms with E-state index in [1.54, 1.807) is 7.11 Å². The van der Waals surface area contributed by atoms with E-state index in [0.29, 0.717) is 6.61 Å². The molecule has 2 aromatic rings. The number of nitrogens with zero attached hydrogens (tertiary/aromatic N) is 1. The molecule has 0 aliphatic heterocycles. The summed E-state index contributed by atoms with van der Waals surface area (Å²) in [6.07, 6.45) is 2.79. The Morgan fingerprint density at radius 1 is 1.14 bits per heavy atom. The highest BCUT2D eigenvalue weighted by Crippen LogP contribution is 2.23. The second kappa shape index (κ2) is 7.84. The summed E-state index contributed by atoms with van der Waals surface area (Å²) in [5.74, 6) is 1.67. The highest BCUT2D eigenvalue weighted by atomic mass is 79.9. The number of hydrogen-bond donors (Lipinski definition) is 0. The Kier molecular flexibility index (Phi) is 5.81. The summed E-state index contributed by atoms with van der Waals surface area (Å²) in [5.41, 5.74) is 1.82. The van der Waals surface area contributed by atoms with Gasteiger partial charge in [-0.25, -0.2) is 0 Å². The zero-order chi connectivity index (χ0) is 15.1. The molecule has 2 aromatic carbocycles. The van der Waals surface area contributed by atoms with Gasteiger partial charge in [-0.15, -0.1) is 0 Å². The van der Waals surface area contributed by atoms with E-state index in [4.69, 9.17) is 9.47 Å². The maximum Gasteiger partial charge on any atom is 0.128 e. The van der Waals surface area contributed by atoms with Crippen molar-refractivity contribution >= 4 is 27.8 Å². The van der Waals surface area contributed by atoms with Gasteiger partial charge in [-0.05, 0) is 48.9 Å². The van der Waals surface area contributed by atoms with Crippen LogP contribution in [0, 0.1) is 0 Å². The fourth-order valence-electron chi connectivity index (χ4n) is 1.78. The first kappa shape index (κ1) is 15.6. The molecule has 0 bridgehead atoms. The lowest BCUT2D eigenvalue weighted by atomic mass is 10.2. The van der Waals surface area contributed by atoms with Crippen LogP contribution >= 0.6 is 15.9 Å². The van der Waals surface area contributed by atoms with Gasteiger partial charge in [0.15, 0.2) is 0 Å². The molecule has 0 aliphatic carbocycles. The van der Waals surface area contributed by atoms with Gasteiger partial charge in [0.25, 0.3) is 0 Å². The van der Waals surface area contributed by atoms with Crippen LogP contribution in [0.1, 0.15) is 18.9 Å². The molecule has 0 aliphatic rings. The zero-order valence-electron chi connectivity index (χ0n) is 12.2. The van der Waals surface area contributed by atoms with Gasteiger partial charge >= 0.3 is 0 Å². The lowest BCUT2D eigenvalue weighted by Gasteiger charge is -2.08. The largest absolute Gasteiger partial charge is 0.497 e. The number of methoxy groups -OCH3 is 1. The molecule has 2 rings (SSSR count). The average molecular weight is 348 g/mol. The van der Waals surface area contributed by atoms with Crippen LogP contribution in [-0.2, 0) is 0 Å². The minimum atomic E-state index is 0.699. The summed E-state index contributed by atoms with van der Waals surface area (Å²) < 4.78 is 11.9. The second-order valence-corrected chi connectivity index (χ2v) is 5.40. The fraction of sp³-hybridized carbons (Fsp3) is 0.235. The van der Waals surface area contributed by atoms with Crippen LogP contribution in [0.25, 0.3) is 0 Å². The molecule has 0 spiro atoms. The molecule has 0 fully saturated rings. The van der Waals surface area contributed by atoms with Crippen LogP contribution in [0.2, 0.25) is 0 Å². The zero-order valence-corrected chi connectivity index (χ0v) is 13.8. The number of aliphatic imine (C=N–C) groups is 1. The quantitative estimate of drug-likeness (QED) is 0.688. The number of ether oxygens (including phenoxy) is 2. The van der Waals surface area contributed by atoms with Crippen LogP contribution in [-0.4, -0.2) is 19.9 Å². The molecule has 0 aromatic heterocycles. The second-order valence-electron chi connectivity index (χ2n) is 4.49. The normalized spacial score (nSPS) is 10.8. The Morgan fingerprint density at radius 2 is 1.90 bits per heavy atom. The van der Waals surface area contributed by atoms with Gasteiger partial charge in [0.2, 0.25) is 0 Å². The summed E-state index contributed by atoms with van der Waals surface area (Å²) >= 11 is 3.48. The van der Waals surface area contributed by atoms with Gasteiger partial charge < -0.3 is 9.47 Å². The van der Waals surface area contributed by atoms with Crippen molar-refractivity contribution in [3.05, 3.63) is 52.5 Å². The van der Waals surface area contributed by atoms with Gasteiger partial charge in [0.05, 0.1) is 19.4 Å². The number of rotatable bonds is 6. The predicted octanol–water partition coefficient (Wildman–Crippen LogP) is 5.00. The molecule has 0 radical (unpaired) electrons. The fourth-order valence-corrected chi connectivity index (χ4v) is 2.15. The average Bonchev–Trinajstić information content (AvgIpc) is 2.52. The van der Waals surface area contributed by atoms with Crippen molar-refractivity contribution in [2.45, 2.75) is 13.3 Å². The third-order valence-corrected chi connectivity index (χ3v) is 3.35. The van der Waals surface area contributed by atoms with E-state index in [1.165, 1.54) is 0 Å². The van der Waals surface area contributed by atoms with Crippen molar-refractivity contribution in [3.8, 4) is 11.5 Å². The van der Waals surface area contributed by atoms with Gasteiger partial charge in [-0.1, -0.05) is 22.9 Å². The van der Waals surface area contributed by atoms with Gasteiger partial charge in [-0.2, -0.15) is 0 Å². The van der Waals surface area contributed by atoms with Gasteiger partial charge in [0, 0.05) is 16.3 Å². The summed E-state index contributed by atoms with van der Waals surface area (Å²) in [4.78, 5) is 4.48. The third kappa shape index (κ3) is 4.60. The maximum absolute atomic E-state index is 5.73. The van der Waals surface area contributed by atoms with Crippen LogP contribution in [0.15, 0.2) is 51.9 Å². The SMILES string of the molecule is CCCOc1ccc(Br)cc1C=Nc1ccc(OC)cc1. The highest BCUT2D eigenvalue weighted by Gasteiger charge is 2.02. The Hall–Kier alpha value is -1.81. The lowest BCUT2D eigenvalue weighted by Crippen LogP contribution is -1.98. The van der Waals surface area contributed by atoms with Crippen molar-refractivity contribution in [2.24, 2.45) is 4.99 Å². The van der Waals surface area contributed by atoms with Crippen LogP contribution < -0.4 is 9.47 Å². The van der Waals surface area contributed by atoms with Crippen molar-refractivity contribution in [1.82, 2.24) is 0 Å². The Bertz CT molecular complexity index is 609. The highest BCUT2D eigenvalue weighted by molar-refractivity contribution is 9.10. The molecule has 0 heterocycles. The number of halogens is 1. The summed E-state index contributed by atoms with van der Waals surface area (Å²) in [6, 6.07) is 13.5. The smallest absolute Gasteiger partial charge is 0.128 e.